The molecule has 0 spiro atoms. The van der Waals surface area contributed by atoms with Crippen molar-refractivity contribution in [3.05, 3.63) is 15.8 Å². The Hall–Kier alpha value is -1.63. The zero-order valence-electron chi connectivity index (χ0n) is 13.0. The van der Waals surface area contributed by atoms with Crippen molar-refractivity contribution >= 4 is 11.5 Å². The molecule has 7 nitrogen and oxygen atoms in total. The van der Waals surface area contributed by atoms with Gasteiger partial charge in [-0.1, -0.05) is 13.8 Å². The fourth-order valence-corrected chi connectivity index (χ4v) is 2.22. The minimum Gasteiger partial charge on any atom is -0.381 e. The Labute approximate surface area is 124 Å². The van der Waals surface area contributed by atoms with E-state index in [9.17, 15) is 10.1 Å². The van der Waals surface area contributed by atoms with E-state index in [1.807, 2.05) is 13.8 Å². The van der Waals surface area contributed by atoms with Gasteiger partial charge in [-0.3, -0.25) is 10.1 Å². The molecule has 0 aliphatic heterocycles. The zero-order valence-corrected chi connectivity index (χ0v) is 13.0. The summed E-state index contributed by atoms with van der Waals surface area (Å²) in [4.78, 5) is 10.9. The monoisotopic (exact) mass is 296 g/mol. The first-order valence-corrected chi connectivity index (χ1v) is 7.53. The fraction of sp³-hybridized carbons (Fsp3) is 0.786. The van der Waals surface area contributed by atoms with Crippen LogP contribution in [0.2, 0.25) is 0 Å². The van der Waals surface area contributed by atoms with Crippen molar-refractivity contribution in [1.29, 1.82) is 0 Å². The summed E-state index contributed by atoms with van der Waals surface area (Å²) in [5.74, 6) is 1.27. The SMILES string of the molecule is CC(C)c1nn(C)c(NCCCOCC2CC2)c1[N+](=O)[O-]. The summed E-state index contributed by atoms with van der Waals surface area (Å²) < 4.78 is 7.10. The summed E-state index contributed by atoms with van der Waals surface area (Å²) in [6.45, 7) is 5.99. The second-order valence-corrected chi connectivity index (χ2v) is 5.92. The molecule has 0 bridgehead atoms. The number of ether oxygens (including phenoxy) is 1. The van der Waals surface area contributed by atoms with E-state index in [1.54, 1.807) is 11.7 Å². The maximum absolute atomic E-state index is 11.3. The zero-order chi connectivity index (χ0) is 15.4. The van der Waals surface area contributed by atoms with Crippen LogP contribution < -0.4 is 5.32 Å². The van der Waals surface area contributed by atoms with Crippen molar-refractivity contribution in [2.75, 3.05) is 25.1 Å². The summed E-state index contributed by atoms with van der Waals surface area (Å²) in [7, 11) is 1.73. The van der Waals surface area contributed by atoms with Gasteiger partial charge in [0.15, 0.2) is 0 Å². The van der Waals surface area contributed by atoms with Crippen LogP contribution in [0.3, 0.4) is 0 Å². The first-order valence-electron chi connectivity index (χ1n) is 7.53. The Morgan fingerprint density at radius 2 is 2.24 bits per heavy atom. The summed E-state index contributed by atoms with van der Waals surface area (Å²) in [6.07, 6.45) is 3.40. The van der Waals surface area contributed by atoms with Gasteiger partial charge in [0.1, 0.15) is 5.69 Å². The lowest BCUT2D eigenvalue weighted by Gasteiger charge is -2.06. The topological polar surface area (TPSA) is 82.2 Å². The third kappa shape index (κ3) is 4.17. The quantitative estimate of drug-likeness (QED) is 0.430. The van der Waals surface area contributed by atoms with Gasteiger partial charge in [-0.25, -0.2) is 4.68 Å². The van der Waals surface area contributed by atoms with E-state index >= 15 is 0 Å². The molecule has 1 aliphatic rings. The van der Waals surface area contributed by atoms with Crippen LogP contribution in [0.15, 0.2) is 0 Å². The molecular formula is C14H24N4O3. The molecule has 0 amide bonds. The molecule has 1 aliphatic carbocycles. The molecule has 1 heterocycles. The van der Waals surface area contributed by atoms with Gasteiger partial charge >= 0.3 is 5.69 Å². The van der Waals surface area contributed by atoms with Crippen LogP contribution in [0.1, 0.15) is 44.7 Å². The molecule has 0 aromatic carbocycles. The van der Waals surface area contributed by atoms with E-state index in [-0.39, 0.29) is 16.5 Å². The lowest BCUT2D eigenvalue weighted by Crippen LogP contribution is -2.10. The van der Waals surface area contributed by atoms with Crippen LogP contribution in [0.5, 0.6) is 0 Å². The average Bonchev–Trinajstić information content (AvgIpc) is 3.17. The number of nitro groups is 1. The number of hydrogen-bond acceptors (Lipinski definition) is 5. The van der Waals surface area contributed by atoms with Gasteiger partial charge in [0, 0.05) is 32.7 Å². The van der Waals surface area contributed by atoms with Crippen LogP contribution in [0.4, 0.5) is 11.5 Å². The number of nitrogens with zero attached hydrogens (tertiary/aromatic N) is 3. The minimum absolute atomic E-state index is 0.0222. The Morgan fingerprint density at radius 1 is 1.52 bits per heavy atom. The molecule has 21 heavy (non-hydrogen) atoms. The summed E-state index contributed by atoms with van der Waals surface area (Å²) in [5.41, 5.74) is 0.612. The molecule has 1 aromatic rings. The predicted molar refractivity (Wildman–Crippen MR) is 80.6 cm³/mol. The molecule has 0 unspecified atom stereocenters. The molecule has 1 saturated carbocycles. The van der Waals surface area contributed by atoms with Crippen molar-refractivity contribution < 1.29 is 9.66 Å². The van der Waals surface area contributed by atoms with Gasteiger partial charge in [-0.05, 0) is 25.2 Å². The first-order chi connectivity index (χ1) is 10.0. The Balaban J connectivity index is 1.87. The van der Waals surface area contributed by atoms with E-state index in [2.05, 4.69) is 10.4 Å². The maximum atomic E-state index is 11.3. The highest BCUT2D eigenvalue weighted by Crippen LogP contribution is 2.32. The van der Waals surface area contributed by atoms with E-state index in [0.717, 1.165) is 18.9 Å². The van der Waals surface area contributed by atoms with E-state index in [1.165, 1.54) is 12.8 Å². The molecule has 2 rings (SSSR count). The molecule has 1 N–H and O–H groups in total. The normalized spacial score (nSPS) is 14.7. The van der Waals surface area contributed by atoms with Crippen LogP contribution in [0.25, 0.3) is 0 Å². The van der Waals surface area contributed by atoms with E-state index < -0.39 is 0 Å². The van der Waals surface area contributed by atoms with Crippen molar-refractivity contribution in [2.24, 2.45) is 13.0 Å². The van der Waals surface area contributed by atoms with E-state index in [0.29, 0.717) is 24.7 Å². The molecule has 118 valence electrons. The summed E-state index contributed by atoms with van der Waals surface area (Å²) in [5, 5.41) is 18.6. The second-order valence-electron chi connectivity index (χ2n) is 5.92. The largest absolute Gasteiger partial charge is 0.381 e. The van der Waals surface area contributed by atoms with Crippen LogP contribution in [-0.2, 0) is 11.8 Å². The smallest absolute Gasteiger partial charge is 0.334 e. The second kappa shape index (κ2) is 6.89. The highest BCUT2D eigenvalue weighted by Gasteiger charge is 2.28. The lowest BCUT2D eigenvalue weighted by molar-refractivity contribution is -0.384. The standard InChI is InChI=1S/C14H24N4O3/c1-10(2)12-13(18(19)20)14(17(3)16-12)15-7-4-8-21-9-11-5-6-11/h10-11,15H,4-9H2,1-3H3. The van der Waals surface area contributed by atoms with Gasteiger partial charge in [0.2, 0.25) is 5.82 Å². The van der Waals surface area contributed by atoms with E-state index in [4.69, 9.17) is 4.74 Å². The predicted octanol–water partition coefficient (Wildman–Crippen LogP) is 2.68. The Bertz CT molecular complexity index is 495. The summed E-state index contributed by atoms with van der Waals surface area (Å²) >= 11 is 0. The number of rotatable bonds is 9. The molecule has 1 aromatic heterocycles. The first kappa shape index (κ1) is 15.8. The molecule has 7 heteroatoms. The molecule has 0 atom stereocenters. The van der Waals surface area contributed by atoms with Crippen molar-refractivity contribution in [3.63, 3.8) is 0 Å². The Morgan fingerprint density at radius 3 is 2.81 bits per heavy atom. The Kier molecular flexibility index (Phi) is 5.17. The molecule has 0 saturated heterocycles. The van der Waals surface area contributed by atoms with Gasteiger partial charge < -0.3 is 10.1 Å². The molecule has 0 radical (unpaired) electrons. The number of hydrogen-bond donors (Lipinski definition) is 1. The fourth-order valence-electron chi connectivity index (χ4n) is 2.22. The van der Waals surface area contributed by atoms with Gasteiger partial charge in [0.05, 0.1) is 4.92 Å². The van der Waals surface area contributed by atoms with Gasteiger partial charge in [-0.2, -0.15) is 5.10 Å². The number of nitrogens with one attached hydrogen (secondary N) is 1. The summed E-state index contributed by atoms with van der Waals surface area (Å²) in [6, 6.07) is 0. The number of aryl methyl sites for hydroxylation is 1. The van der Waals surface area contributed by atoms with Crippen molar-refractivity contribution in [3.8, 4) is 0 Å². The van der Waals surface area contributed by atoms with Crippen LogP contribution >= 0.6 is 0 Å². The molecular weight excluding hydrogens is 272 g/mol. The van der Waals surface area contributed by atoms with Crippen LogP contribution in [0, 0.1) is 16.0 Å². The molecule has 1 fully saturated rings. The van der Waals surface area contributed by atoms with Gasteiger partial charge in [-0.15, -0.1) is 0 Å². The van der Waals surface area contributed by atoms with Crippen molar-refractivity contribution in [2.45, 2.75) is 39.0 Å². The minimum atomic E-state index is -0.353. The third-order valence-electron chi connectivity index (χ3n) is 3.59. The number of aromatic nitrogens is 2. The highest BCUT2D eigenvalue weighted by molar-refractivity contribution is 5.60. The van der Waals surface area contributed by atoms with Crippen LogP contribution in [-0.4, -0.2) is 34.5 Å². The highest BCUT2D eigenvalue weighted by atomic mass is 16.6. The number of anilines is 1. The lowest BCUT2D eigenvalue weighted by atomic mass is 10.1. The maximum Gasteiger partial charge on any atom is 0.334 e. The third-order valence-corrected chi connectivity index (χ3v) is 3.59. The average molecular weight is 296 g/mol. The van der Waals surface area contributed by atoms with Crippen molar-refractivity contribution in [1.82, 2.24) is 9.78 Å². The van der Waals surface area contributed by atoms with Gasteiger partial charge in [0.25, 0.3) is 0 Å².